The Labute approximate surface area is 86.5 Å². The molecule has 0 saturated carbocycles. The van der Waals surface area contributed by atoms with Gasteiger partial charge in [-0.15, -0.1) is 0 Å². The fraction of sp³-hybridized carbons (Fsp3) is 1.00. The van der Waals surface area contributed by atoms with E-state index in [4.69, 9.17) is 5.73 Å². The molecule has 5 heteroatoms. The summed E-state index contributed by atoms with van der Waals surface area (Å²) in [6.45, 7) is 7.54. The van der Waals surface area contributed by atoms with E-state index in [9.17, 15) is 8.42 Å². The molecule has 84 valence electrons. The Morgan fingerprint density at radius 2 is 2.14 bits per heavy atom. The van der Waals surface area contributed by atoms with E-state index in [1.54, 1.807) is 11.2 Å². The van der Waals surface area contributed by atoms with Crippen LogP contribution in [0, 0.1) is 11.3 Å². The standard InChI is InChI=1S/C9H20N2O2S/c1-4-14(12,13)11-5-8(2)9(3,6-10)7-11/h8H,4-7,10H2,1-3H3. The topological polar surface area (TPSA) is 63.4 Å². The summed E-state index contributed by atoms with van der Waals surface area (Å²) >= 11 is 0. The number of nitrogens with zero attached hydrogens (tertiary/aromatic N) is 1. The highest BCUT2D eigenvalue weighted by Crippen LogP contribution is 2.35. The van der Waals surface area contributed by atoms with Crippen molar-refractivity contribution < 1.29 is 8.42 Å². The fourth-order valence-electron chi connectivity index (χ4n) is 1.81. The van der Waals surface area contributed by atoms with E-state index in [2.05, 4.69) is 13.8 Å². The van der Waals surface area contributed by atoms with Gasteiger partial charge in [0, 0.05) is 13.1 Å². The average molecular weight is 220 g/mol. The zero-order valence-electron chi connectivity index (χ0n) is 9.16. The van der Waals surface area contributed by atoms with Crippen LogP contribution in [0.5, 0.6) is 0 Å². The van der Waals surface area contributed by atoms with E-state index in [0.29, 0.717) is 25.6 Å². The molecular formula is C9H20N2O2S. The van der Waals surface area contributed by atoms with Crippen molar-refractivity contribution in [2.45, 2.75) is 20.8 Å². The summed E-state index contributed by atoms with van der Waals surface area (Å²) in [7, 11) is -3.03. The second kappa shape index (κ2) is 3.79. The Morgan fingerprint density at radius 3 is 2.50 bits per heavy atom. The molecule has 0 aromatic heterocycles. The Hall–Kier alpha value is -0.130. The molecule has 1 rings (SSSR count). The minimum Gasteiger partial charge on any atom is -0.330 e. The first-order valence-electron chi connectivity index (χ1n) is 5.03. The molecule has 1 saturated heterocycles. The largest absolute Gasteiger partial charge is 0.330 e. The van der Waals surface area contributed by atoms with Crippen molar-refractivity contribution in [1.82, 2.24) is 4.31 Å². The van der Waals surface area contributed by atoms with E-state index in [1.807, 2.05) is 0 Å². The van der Waals surface area contributed by atoms with Crippen molar-refractivity contribution in [2.24, 2.45) is 17.1 Å². The number of rotatable bonds is 3. The first-order chi connectivity index (χ1) is 6.35. The monoisotopic (exact) mass is 220 g/mol. The molecule has 1 heterocycles. The van der Waals surface area contributed by atoms with Crippen LogP contribution in [-0.2, 0) is 10.0 Å². The summed E-state index contributed by atoms with van der Waals surface area (Å²) in [5.41, 5.74) is 5.63. The van der Waals surface area contributed by atoms with Crippen LogP contribution in [0.25, 0.3) is 0 Å². The van der Waals surface area contributed by atoms with Crippen LogP contribution in [-0.4, -0.2) is 38.1 Å². The summed E-state index contributed by atoms with van der Waals surface area (Å²) < 4.78 is 24.8. The minimum absolute atomic E-state index is 0.0533. The molecule has 0 bridgehead atoms. The Morgan fingerprint density at radius 1 is 1.57 bits per heavy atom. The van der Waals surface area contributed by atoms with Crippen LogP contribution in [0.4, 0.5) is 0 Å². The lowest BCUT2D eigenvalue weighted by molar-refractivity contribution is 0.281. The van der Waals surface area contributed by atoms with Crippen LogP contribution in [0.1, 0.15) is 20.8 Å². The van der Waals surface area contributed by atoms with Gasteiger partial charge in [-0.05, 0) is 24.8 Å². The van der Waals surface area contributed by atoms with E-state index in [0.717, 1.165) is 0 Å². The van der Waals surface area contributed by atoms with Gasteiger partial charge in [0.25, 0.3) is 0 Å². The van der Waals surface area contributed by atoms with Crippen LogP contribution in [0.3, 0.4) is 0 Å². The molecule has 1 aliphatic rings. The second-order valence-corrected chi connectivity index (χ2v) is 6.71. The maximum atomic E-state index is 11.6. The maximum absolute atomic E-state index is 11.6. The maximum Gasteiger partial charge on any atom is 0.213 e. The predicted octanol–water partition coefficient (Wildman–Crippen LogP) is 0.253. The van der Waals surface area contributed by atoms with Gasteiger partial charge in [-0.1, -0.05) is 13.8 Å². The molecule has 0 aromatic rings. The molecule has 0 radical (unpaired) electrons. The smallest absolute Gasteiger partial charge is 0.213 e. The summed E-state index contributed by atoms with van der Waals surface area (Å²) in [4.78, 5) is 0. The van der Waals surface area contributed by atoms with Crippen LogP contribution < -0.4 is 5.73 Å². The first-order valence-corrected chi connectivity index (χ1v) is 6.64. The quantitative estimate of drug-likeness (QED) is 0.741. The summed E-state index contributed by atoms with van der Waals surface area (Å²) in [6, 6.07) is 0. The molecule has 1 aliphatic heterocycles. The lowest BCUT2D eigenvalue weighted by atomic mass is 9.81. The third kappa shape index (κ3) is 1.94. The summed E-state index contributed by atoms with van der Waals surface area (Å²) in [5.74, 6) is 0.522. The van der Waals surface area contributed by atoms with Gasteiger partial charge in [-0.3, -0.25) is 0 Å². The van der Waals surface area contributed by atoms with Crippen molar-refractivity contribution >= 4 is 10.0 Å². The number of hydrogen-bond acceptors (Lipinski definition) is 3. The molecular weight excluding hydrogens is 200 g/mol. The molecule has 0 aliphatic carbocycles. The third-order valence-corrected chi connectivity index (χ3v) is 5.22. The molecule has 2 atom stereocenters. The highest BCUT2D eigenvalue weighted by molar-refractivity contribution is 7.89. The zero-order valence-corrected chi connectivity index (χ0v) is 9.97. The molecule has 2 unspecified atom stereocenters. The third-order valence-electron chi connectivity index (χ3n) is 3.43. The number of hydrogen-bond donors (Lipinski definition) is 1. The molecule has 0 aromatic carbocycles. The summed E-state index contributed by atoms with van der Waals surface area (Å²) in [6.07, 6.45) is 0. The van der Waals surface area contributed by atoms with Crippen molar-refractivity contribution in [2.75, 3.05) is 25.4 Å². The minimum atomic E-state index is -3.03. The molecule has 4 nitrogen and oxygen atoms in total. The lowest BCUT2D eigenvalue weighted by Gasteiger charge is -2.25. The predicted molar refractivity (Wildman–Crippen MR) is 57.4 cm³/mol. The molecule has 0 amide bonds. The van der Waals surface area contributed by atoms with E-state index < -0.39 is 10.0 Å². The van der Waals surface area contributed by atoms with Gasteiger partial charge >= 0.3 is 0 Å². The van der Waals surface area contributed by atoms with Gasteiger partial charge in [0.15, 0.2) is 0 Å². The molecule has 0 spiro atoms. The van der Waals surface area contributed by atoms with Crippen molar-refractivity contribution in [3.63, 3.8) is 0 Å². The van der Waals surface area contributed by atoms with Gasteiger partial charge in [-0.25, -0.2) is 12.7 Å². The van der Waals surface area contributed by atoms with Crippen LogP contribution in [0.15, 0.2) is 0 Å². The first kappa shape index (κ1) is 11.9. The van der Waals surface area contributed by atoms with Crippen molar-refractivity contribution in [3.8, 4) is 0 Å². The average Bonchev–Trinajstić information content (AvgIpc) is 2.45. The van der Waals surface area contributed by atoms with Crippen LogP contribution in [0.2, 0.25) is 0 Å². The van der Waals surface area contributed by atoms with Gasteiger partial charge in [0.05, 0.1) is 5.75 Å². The van der Waals surface area contributed by atoms with Gasteiger partial charge < -0.3 is 5.73 Å². The van der Waals surface area contributed by atoms with E-state index >= 15 is 0 Å². The molecule has 2 N–H and O–H groups in total. The fourth-order valence-corrected chi connectivity index (χ4v) is 3.12. The Kier molecular flexibility index (Phi) is 3.23. The summed E-state index contributed by atoms with van der Waals surface area (Å²) in [5, 5.41) is 0. The van der Waals surface area contributed by atoms with E-state index in [-0.39, 0.29) is 11.2 Å². The van der Waals surface area contributed by atoms with E-state index in [1.165, 1.54) is 0 Å². The number of sulfonamides is 1. The Bertz CT molecular complexity index is 302. The zero-order chi connectivity index (χ0) is 11.0. The van der Waals surface area contributed by atoms with Crippen molar-refractivity contribution in [1.29, 1.82) is 0 Å². The second-order valence-electron chi connectivity index (χ2n) is 4.45. The highest BCUT2D eigenvalue weighted by atomic mass is 32.2. The number of nitrogens with two attached hydrogens (primary N) is 1. The van der Waals surface area contributed by atoms with Crippen LogP contribution >= 0.6 is 0 Å². The normalized spacial score (nSPS) is 35.0. The highest BCUT2D eigenvalue weighted by Gasteiger charge is 2.43. The van der Waals surface area contributed by atoms with Gasteiger partial charge in [0.1, 0.15) is 0 Å². The molecule has 1 fully saturated rings. The van der Waals surface area contributed by atoms with Gasteiger partial charge in [0.2, 0.25) is 10.0 Å². The van der Waals surface area contributed by atoms with Crippen molar-refractivity contribution in [3.05, 3.63) is 0 Å². The lowest BCUT2D eigenvalue weighted by Crippen LogP contribution is -2.36. The Balaban J connectivity index is 2.83. The SMILES string of the molecule is CCS(=O)(=O)N1CC(C)C(C)(CN)C1. The van der Waals surface area contributed by atoms with Gasteiger partial charge in [-0.2, -0.15) is 0 Å². The molecule has 14 heavy (non-hydrogen) atoms.